The van der Waals surface area contributed by atoms with E-state index in [1.165, 1.54) is 0 Å². The number of methoxy groups -OCH3 is 1. The molecule has 0 heterocycles. The summed E-state index contributed by atoms with van der Waals surface area (Å²) in [4.78, 5) is 23.2. The Morgan fingerprint density at radius 1 is 1.12 bits per heavy atom. The van der Waals surface area contributed by atoms with Crippen molar-refractivity contribution in [3.8, 4) is 0 Å². The molecule has 0 unspecified atom stereocenters. The van der Waals surface area contributed by atoms with E-state index in [1.807, 2.05) is 42.5 Å². The summed E-state index contributed by atoms with van der Waals surface area (Å²) in [5.74, 6) is -1.07. The predicted octanol–water partition coefficient (Wildman–Crippen LogP) is 3.29. The molecule has 0 radical (unpaired) electrons. The second-order valence-electron chi connectivity index (χ2n) is 5.77. The largest absolute Gasteiger partial charge is 0.481 e. The topological polar surface area (TPSA) is 75.6 Å². The number of fused-ring (bicyclic) bond motifs is 1. The van der Waals surface area contributed by atoms with Crippen LogP contribution in [0.5, 0.6) is 0 Å². The van der Waals surface area contributed by atoms with Crippen LogP contribution in [0, 0.1) is 0 Å². The van der Waals surface area contributed by atoms with Crippen molar-refractivity contribution in [3.63, 3.8) is 0 Å². The monoisotopic (exact) mass is 329 g/mol. The van der Waals surface area contributed by atoms with Gasteiger partial charge in [0.25, 0.3) is 0 Å². The van der Waals surface area contributed by atoms with Crippen molar-refractivity contribution in [2.24, 2.45) is 0 Å². The van der Waals surface area contributed by atoms with E-state index >= 15 is 0 Å². The third-order valence-electron chi connectivity index (χ3n) is 3.89. The maximum atomic E-state index is 12.1. The molecule has 0 aliphatic rings. The molecule has 2 aromatic rings. The number of carbonyl (C=O) groups excluding carboxylic acids is 1. The molecule has 0 aromatic heterocycles. The molecule has 0 bridgehead atoms. The molecule has 0 saturated carbocycles. The first-order valence-electron chi connectivity index (χ1n) is 8.09. The van der Waals surface area contributed by atoms with Gasteiger partial charge in [0.1, 0.15) is 0 Å². The number of rotatable bonds is 9. The van der Waals surface area contributed by atoms with Crippen molar-refractivity contribution in [2.45, 2.75) is 31.7 Å². The summed E-state index contributed by atoms with van der Waals surface area (Å²) >= 11 is 0. The Morgan fingerprint density at radius 3 is 2.58 bits per heavy atom. The molecule has 0 aliphatic carbocycles. The summed E-state index contributed by atoms with van der Waals surface area (Å²) in [5, 5.41) is 14.1. The van der Waals surface area contributed by atoms with Gasteiger partial charge in [-0.15, -0.1) is 0 Å². The zero-order valence-corrected chi connectivity index (χ0v) is 13.8. The van der Waals surface area contributed by atoms with Crippen LogP contribution in [0.25, 0.3) is 10.8 Å². The van der Waals surface area contributed by atoms with Gasteiger partial charge in [-0.3, -0.25) is 9.59 Å². The first kappa shape index (κ1) is 17.9. The second kappa shape index (κ2) is 9.03. The fourth-order valence-electron chi connectivity index (χ4n) is 2.65. The number of nitrogens with one attached hydrogen (secondary N) is 1. The van der Waals surface area contributed by atoms with Gasteiger partial charge in [0.15, 0.2) is 0 Å². The van der Waals surface area contributed by atoms with Crippen LogP contribution in [0.2, 0.25) is 0 Å². The zero-order valence-electron chi connectivity index (χ0n) is 13.8. The molecule has 5 nitrogen and oxygen atoms in total. The van der Waals surface area contributed by atoms with Crippen molar-refractivity contribution in [2.75, 3.05) is 13.7 Å². The zero-order chi connectivity index (χ0) is 17.4. The number of benzene rings is 2. The minimum absolute atomic E-state index is 0.134. The highest BCUT2D eigenvalue weighted by Gasteiger charge is 2.18. The standard InChI is InChI=1S/C19H23NO4/c1-24-11-5-4-8-18(21)20-17(13-19(22)23)16-10-9-14-6-2-3-7-15(14)12-16/h2-3,6-7,9-10,12,17H,4-5,8,11,13H2,1H3,(H,20,21)(H,22,23)/t17-/m0/s1. The molecule has 0 fully saturated rings. The number of aliphatic carboxylic acids is 1. The molecule has 5 heteroatoms. The number of carbonyl (C=O) groups is 2. The van der Waals surface area contributed by atoms with Crippen LogP contribution in [0.4, 0.5) is 0 Å². The van der Waals surface area contributed by atoms with Crippen LogP contribution in [0.15, 0.2) is 42.5 Å². The van der Waals surface area contributed by atoms with Gasteiger partial charge >= 0.3 is 5.97 Å². The summed E-state index contributed by atoms with van der Waals surface area (Å²) in [6, 6.07) is 13.1. The number of unbranched alkanes of at least 4 members (excludes halogenated alkanes) is 1. The summed E-state index contributed by atoms with van der Waals surface area (Å²) in [6.45, 7) is 0.622. The Hall–Kier alpha value is -2.40. The Bertz CT molecular complexity index is 699. The molecule has 2 N–H and O–H groups in total. The fraction of sp³-hybridized carbons (Fsp3) is 0.368. The minimum atomic E-state index is -0.937. The molecular formula is C19H23NO4. The van der Waals surface area contributed by atoms with Crippen LogP contribution in [0.1, 0.15) is 37.3 Å². The first-order chi connectivity index (χ1) is 11.6. The number of hydrogen-bond donors (Lipinski definition) is 2. The average Bonchev–Trinajstić information content (AvgIpc) is 2.57. The van der Waals surface area contributed by atoms with E-state index in [4.69, 9.17) is 9.84 Å². The highest BCUT2D eigenvalue weighted by Crippen LogP contribution is 2.23. The van der Waals surface area contributed by atoms with Crippen LogP contribution >= 0.6 is 0 Å². The lowest BCUT2D eigenvalue weighted by atomic mass is 9.99. The molecule has 24 heavy (non-hydrogen) atoms. The van der Waals surface area contributed by atoms with Crippen LogP contribution in [0.3, 0.4) is 0 Å². The average molecular weight is 329 g/mol. The number of carboxylic acids is 1. The number of ether oxygens (including phenoxy) is 1. The lowest BCUT2D eigenvalue weighted by Gasteiger charge is -2.18. The quantitative estimate of drug-likeness (QED) is 0.692. The third-order valence-corrected chi connectivity index (χ3v) is 3.89. The maximum absolute atomic E-state index is 12.1. The van der Waals surface area contributed by atoms with Crippen molar-refractivity contribution in [1.29, 1.82) is 0 Å². The number of hydrogen-bond acceptors (Lipinski definition) is 3. The van der Waals surface area contributed by atoms with Crippen molar-refractivity contribution in [3.05, 3.63) is 48.0 Å². The van der Waals surface area contributed by atoms with Crippen molar-refractivity contribution < 1.29 is 19.4 Å². The van der Waals surface area contributed by atoms with Gasteiger partial charge in [0.05, 0.1) is 12.5 Å². The molecule has 128 valence electrons. The van der Waals surface area contributed by atoms with E-state index in [-0.39, 0.29) is 12.3 Å². The van der Waals surface area contributed by atoms with Gasteiger partial charge in [-0.1, -0.05) is 36.4 Å². The van der Waals surface area contributed by atoms with E-state index in [9.17, 15) is 9.59 Å². The molecule has 0 spiro atoms. The second-order valence-corrected chi connectivity index (χ2v) is 5.77. The van der Waals surface area contributed by atoms with E-state index in [0.29, 0.717) is 13.0 Å². The number of carboxylic acid groups (broad SMARTS) is 1. The molecule has 1 amide bonds. The highest BCUT2D eigenvalue weighted by atomic mass is 16.5. The van der Waals surface area contributed by atoms with Gasteiger partial charge in [0, 0.05) is 20.1 Å². The van der Waals surface area contributed by atoms with E-state index in [2.05, 4.69) is 5.32 Å². The Labute approximate surface area is 141 Å². The smallest absolute Gasteiger partial charge is 0.305 e. The van der Waals surface area contributed by atoms with Crippen LogP contribution in [-0.4, -0.2) is 30.7 Å². The Kier molecular flexibility index (Phi) is 6.75. The normalized spacial score (nSPS) is 12.0. The minimum Gasteiger partial charge on any atom is -0.481 e. The van der Waals surface area contributed by atoms with E-state index in [0.717, 1.165) is 29.2 Å². The van der Waals surface area contributed by atoms with Crippen molar-refractivity contribution >= 4 is 22.6 Å². The Morgan fingerprint density at radius 2 is 1.88 bits per heavy atom. The van der Waals surface area contributed by atoms with Crippen LogP contribution < -0.4 is 5.32 Å². The van der Waals surface area contributed by atoms with Gasteiger partial charge < -0.3 is 15.2 Å². The van der Waals surface area contributed by atoms with Crippen molar-refractivity contribution in [1.82, 2.24) is 5.32 Å². The molecule has 2 aromatic carbocycles. The lowest BCUT2D eigenvalue weighted by Crippen LogP contribution is -2.30. The number of amides is 1. The molecule has 0 saturated heterocycles. The van der Waals surface area contributed by atoms with Gasteiger partial charge in [-0.25, -0.2) is 0 Å². The first-order valence-corrected chi connectivity index (χ1v) is 8.09. The molecule has 1 atom stereocenters. The van der Waals surface area contributed by atoms with Gasteiger partial charge in [-0.05, 0) is 35.2 Å². The lowest BCUT2D eigenvalue weighted by molar-refractivity contribution is -0.137. The molecular weight excluding hydrogens is 306 g/mol. The predicted molar refractivity (Wildman–Crippen MR) is 92.8 cm³/mol. The highest BCUT2D eigenvalue weighted by molar-refractivity contribution is 5.84. The maximum Gasteiger partial charge on any atom is 0.305 e. The van der Waals surface area contributed by atoms with E-state index < -0.39 is 12.0 Å². The third kappa shape index (κ3) is 5.35. The SMILES string of the molecule is COCCCCC(=O)N[C@@H](CC(=O)O)c1ccc2ccccc2c1. The van der Waals surface area contributed by atoms with Gasteiger partial charge in [-0.2, -0.15) is 0 Å². The Balaban J connectivity index is 2.08. The molecule has 2 rings (SSSR count). The summed E-state index contributed by atoms with van der Waals surface area (Å²) in [7, 11) is 1.63. The van der Waals surface area contributed by atoms with E-state index in [1.54, 1.807) is 7.11 Å². The summed E-state index contributed by atoms with van der Waals surface area (Å²) in [5.41, 5.74) is 0.807. The summed E-state index contributed by atoms with van der Waals surface area (Å²) in [6.07, 6.45) is 1.76. The molecule has 0 aliphatic heterocycles. The summed E-state index contributed by atoms with van der Waals surface area (Å²) < 4.78 is 4.96. The van der Waals surface area contributed by atoms with Gasteiger partial charge in [0.2, 0.25) is 5.91 Å². The fourth-order valence-corrected chi connectivity index (χ4v) is 2.65. The van der Waals surface area contributed by atoms with Crippen LogP contribution in [-0.2, 0) is 14.3 Å².